The van der Waals surface area contributed by atoms with Crippen LogP contribution in [0.4, 0.5) is 11.4 Å². The molecule has 5 aromatic rings. The second-order valence-electron chi connectivity index (χ2n) is 10.3. The number of ether oxygens (including phenoxy) is 2. The molecule has 0 radical (unpaired) electrons. The quantitative estimate of drug-likeness (QED) is 0.174. The van der Waals surface area contributed by atoms with E-state index in [9.17, 15) is 4.79 Å². The van der Waals surface area contributed by atoms with Crippen LogP contribution in [-0.2, 0) is 13.2 Å². The Morgan fingerprint density at radius 2 is 1.43 bits per heavy atom. The summed E-state index contributed by atoms with van der Waals surface area (Å²) in [5.74, 6) is 1.15. The van der Waals surface area contributed by atoms with Crippen LogP contribution >= 0.6 is 15.9 Å². The topological polar surface area (TPSA) is 42.0 Å². The number of aryl methyl sites for hydroxylation is 1. The predicted molar refractivity (Wildman–Crippen MR) is 171 cm³/mol. The molecule has 0 aromatic heterocycles. The maximum atomic E-state index is 14.3. The van der Waals surface area contributed by atoms with E-state index < -0.39 is 6.17 Å². The fourth-order valence-corrected chi connectivity index (χ4v) is 5.99. The molecule has 0 bridgehead atoms. The Morgan fingerprint density at radius 1 is 0.786 bits per heavy atom. The molecule has 6 rings (SSSR count). The Hall–Kier alpha value is -4.55. The van der Waals surface area contributed by atoms with Gasteiger partial charge >= 0.3 is 0 Å². The number of benzene rings is 5. The molecule has 6 heteroatoms. The lowest BCUT2D eigenvalue weighted by Crippen LogP contribution is -2.49. The zero-order valence-electron chi connectivity index (χ0n) is 23.5. The van der Waals surface area contributed by atoms with Gasteiger partial charge in [-0.1, -0.05) is 90.5 Å². The number of carbonyl (C=O) groups excluding carboxylic acids is 1. The highest BCUT2D eigenvalue weighted by atomic mass is 79.9. The monoisotopic (exact) mass is 618 g/mol. The van der Waals surface area contributed by atoms with E-state index in [1.807, 2.05) is 121 Å². The van der Waals surface area contributed by atoms with Gasteiger partial charge in [0, 0.05) is 17.8 Å². The third kappa shape index (κ3) is 5.50. The number of methoxy groups -OCH3 is 1. The van der Waals surface area contributed by atoms with Crippen molar-refractivity contribution < 1.29 is 14.3 Å². The van der Waals surface area contributed by atoms with Crippen molar-refractivity contribution in [3.05, 3.63) is 154 Å². The van der Waals surface area contributed by atoms with Gasteiger partial charge in [-0.15, -0.1) is 0 Å². The van der Waals surface area contributed by atoms with Crippen molar-refractivity contribution in [3.63, 3.8) is 0 Å². The number of fused-ring (bicyclic) bond motifs is 1. The Balaban J connectivity index is 1.50. The SMILES string of the molecule is COc1cc(C2N(Cc3ccccc3)c3ccccc3C(=O)N2c2ccc(C)cc2)cc(Br)c1OCc1ccccc1. The van der Waals surface area contributed by atoms with Crippen LogP contribution in [0.3, 0.4) is 0 Å². The highest BCUT2D eigenvalue weighted by Gasteiger charge is 2.40. The highest BCUT2D eigenvalue weighted by molar-refractivity contribution is 9.10. The van der Waals surface area contributed by atoms with Crippen molar-refractivity contribution in [1.82, 2.24) is 0 Å². The Bertz CT molecular complexity index is 1690. The average molecular weight is 620 g/mol. The van der Waals surface area contributed by atoms with Crippen LogP contribution in [-0.4, -0.2) is 13.0 Å². The summed E-state index contributed by atoms with van der Waals surface area (Å²) in [5.41, 5.74) is 6.60. The summed E-state index contributed by atoms with van der Waals surface area (Å²) >= 11 is 3.77. The molecule has 5 aromatic carbocycles. The molecule has 1 atom stereocenters. The summed E-state index contributed by atoms with van der Waals surface area (Å²) in [5, 5.41) is 0. The summed E-state index contributed by atoms with van der Waals surface area (Å²) in [4.78, 5) is 18.5. The van der Waals surface area contributed by atoms with Gasteiger partial charge in [-0.05, 0) is 70.4 Å². The minimum absolute atomic E-state index is 0.0525. The van der Waals surface area contributed by atoms with E-state index in [1.54, 1.807) is 7.11 Å². The number of hydrogen-bond donors (Lipinski definition) is 0. The van der Waals surface area contributed by atoms with Crippen molar-refractivity contribution in [3.8, 4) is 11.5 Å². The molecule has 42 heavy (non-hydrogen) atoms. The number of amides is 1. The number of anilines is 2. The summed E-state index contributed by atoms with van der Waals surface area (Å²) in [6.45, 7) is 3.05. The molecule has 1 aliphatic rings. The van der Waals surface area contributed by atoms with Gasteiger partial charge in [0.2, 0.25) is 0 Å². The molecule has 0 spiro atoms. The van der Waals surface area contributed by atoms with E-state index >= 15 is 0 Å². The van der Waals surface area contributed by atoms with Gasteiger partial charge in [0.1, 0.15) is 12.8 Å². The third-order valence-electron chi connectivity index (χ3n) is 7.49. The first-order valence-corrected chi connectivity index (χ1v) is 14.7. The molecular weight excluding hydrogens is 588 g/mol. The van der Waals surface area contributed by atoms with E-state index in [0.717, 1.165) is 38.1 Å². The van der Waals surface area contributed by atoms with Crippen molar-refractivity contribution in [2.75, 3.05) is 16.9 Å². The number of para-hydroxylation sites is 1. The summed E-state index contributed by atoms with van der Waals surface area (Å²) < 4.78 is 12.9. The van der Waals surface area contributed by atoms with Crippen molar-refractivity contribution in [1.29, 1.82) is 0 Å². The molecule has 0 N–H and O–H groups in total. The van der Waals surface area contributed by atoms with Gasteiger partial charge in [-0.3, -0.25) is 9.69 Å². The first-order chi connectivity index (χ1) is 20.5. The number of halogens is 1. The molecule has 0 fully saturated rings. The summed E-state index contributed by atoms with van der Waals surface area (Å²) in [7, 11) is 1.64. The van der Waals surface area contributed by atoms with Crippen LogP contribution < -0.4 is 19.3 Å². The van der Waals surface area contributed by atoms with E-state index in [2.05, 4.69) is 33.0 Å². The lowest BCUT2D eigenvalue weighted by molar-refractivity contribution is 0.0968. The smallest absolute Gasteiger partial charge is 0.262 e. The lowest BCUT2D eigenvalue weighted by Gasteiger charge is -2.46. The molecule has 0 saturated heterocycles. The van der Waals surface area contributed by atoms with Gasteiger partial charge in [0.05, 0.1) is 22.8 Å². The molecule has 0 aliphatic carbocycles. The van der Waals surface area contributed by atoms with Crippen LogP contribution in [0.15, 0.2) is 126 Å². The van der Waals surface area contributed by atoms with Crippen molar-refractivity contribution in [2.24, 2.45) is 0 Å². The third-order valence-corrected chi connectivity index (χ3v) is 8.08. The number of rotatable bonds is 8. The molecule has 1 heterocycles. The summed E-state index contributed by atoms with van der Waals surface area (Å²) in [6.07, 6.45) is -0.455. The molecule has 1 amide bonds. The predicted octanol–water partition coefficient (Wildman–Crippen LogP) is 8.71. The molecule has 1 aliphatic heterocycles. The van der Waals surface area contributed by atoms with Gasteiger partial charge in [0.15, 0.2) is 11.5 Å². The summed E-state index contributed by atoms with van der Waals surface area (Å²) in [6, 6.07) is 40.3. The average Bonchev–Trinajstić information content (AvgIpc) is 3.03. The van der Waals surface area contributed by atoms with E-state index in [1.165, 1.54) is 0 Å². The van der Waals surface area contributed by atoms with Crippen LogP contribution in [0, 0.1) is 6.92 Å². The number of hydrogen-bond acceptors (Lipinski definition) is 4. The Morgan fingerprint density at radius 3 is 2.12 bits per heavy atom. The first kappa shape index (κ1) is 27.6. The van der Waals surface area contributed by atoms with Gasteiger partial charge in [-0.25, -0.2) is 0 Å². The zero-order valence-corrected chi connectivity index (χ0v) is 25.1. The maximum absolute atomic E-state index is 14.3. The van der Waals surface area contributed by atoms with Crippen LogP contribution in [0.5, 0.6) is 11.5 Å². The largest absolute Gasteiger partial charge is 0.493 e. The Labute approximate surface area is 255 Å². The molecule has 0 saturated carbocycles. The van der Waals surface area contributed by atoms with Crippen molar-refractivity contribution in [2.45, 2.75) is 26.2 Å². The second kappa shape index (κ2) is 12.1. The number of carbonyl (C=O) groups is 1. The molecule has 210 valence electrons. The number of nitrogens with zero attached hydrogens (tertiary/aromatic N) is 2. The van der Waals surface area contributed by atoms with Crippen molar-refractivity contribution >= 4 is 33.2 Å². The highest BCUT2D eigenvalue weighted by Crippen LogP contribution is 2.46. The lowest BCUT2D eigenvalue weighted by atomic mass is 9.98. The maximum Gasteiger partial charge on any atom is 0.262 e. The second-order valence-corrected chi connectivity index (χ2v) is 11.2. The van der Waals surface area contributed by atoms with E-state index in [0.29, 0.717) is 30.2 Å². The van der Waals surface area contributed by atoms with Crippen LogP contribution in [0.1, 0.15) is 38.8 Å². The van der Waals surface area contributed by atoms with Crippen LogP contribution in [0.25, 0.3) is 0 Å². The van der Waals surface area contributed by atoms with Gasteiger partial charge in [-0.2, -0.15) is 0 Å². The molecular formula is C36H31BrN2O3. The van der Waals surface area contributed by atoms with Gasteiger partial charge in [0.25, 0.3) is 5.91 Å². The van der Waals surface area contributed by atoms with E-state index in [-0.39, 0.29) is 5.91 Å². The normalized spacial score (nSPS) is 14.5. The minimum Gasteiger partial charge on any atom is -0.493 e. The van der Waals surface area contributed by atoms with Gasteiger partial charge < -0.3 is 14.4 Å². The minimum atomic E-state index is -0.455. The van der Waals surface area contributed by atoms with Crippen LogP contribution in [0.2, 0.25) is 0 Å². The fourth-order valence-electron chi connectivity index (χ4n) is 5.42. The zero-order chi connectivity index (χ0) is 29.1. The first-order valence-electron chi connectivity index (χ1n) is 13.9. The Kier molecular flexibility index (Phi) is 7.97. The standard InChI is InChI=1S/C36H31BrN2O3/c1-25-17-19-29(20-18-25)39-35(28-21-31(37)34(33(22-28)41-2)42-24-27-13-7-4-8-14-27)38(23-26-11-5-3-6-12-26)32-16-10-9-15-30(32)36(39)40/h3-22,35H,23-24H2,1-2H3. The van der Waals surface area contributed by atoms with E-state index in [4.69, 9.17) is 9.47 Å². The molecule has 1 unspecified atom stereocenters. The molecule has 5 nitrogen and oxygen atoms in total. The fraction of sp³-hybridized carbons (Fsp3) is 0.139.